The molecule has 4 heteroatoms. The maximum Gasteiger partial charge on any atom is 0.238 e. The van der Waals surface area contributed by atoms with Gasteiger partial charge in [-0.1, -0.05) is 42.8 Å². The van der Waals surface area contributed by atoms with E-state index in [1.54, 1.807) is 0 Å². The first-order chi connectivity index (χ1) is 9.07. The Hall–Kier alpha value is -0.870. The standard InChI is InChI=1S/C16H25BrN2O/c1-15(2,3)11-16(4,5)18-10-14(20)19-13-8-6-7-12(17)9-13/h6-9,18H,10-11H2,1-5H3,(H,19,20). The van der Waals surface area contributed by atoms with E-state index in [4.69, 9.17) is 0 Å². The van der Waals surface area contributed by atoms with Crippen molar-refractivity contribution in [2.24, 2.45) is 5.41 Å². The Morgan fingerprint density at radius 2 is 1.85 bits per heavy atom. The molecule has 1 rings (SSSR count). The van der Waals surface area contributed by atoms with Crippen LogP contribution in [0.4, 0.5) is 5.69 Å². The molecule has 0 saturated carbocycles. The van der Waals surface area contributed by atoms with Gasteiger partial charge in [-0.25, -0.2) is 0 Å². The van der Waals surface area contributed by atoms with Crippen molar-refractivity contribution < 1.29 is 4.79 Å². The predicted octanol–water partition coefficient (Wildman–Crippen LogP) is 4.19. The number of anilines is 1. The third-order valence-electron chi connectivity index (χ3n) is 2.81. The first-order valence-electron chi connectivity index (χ1n) is 6.88. The molecular weight excluding hydrogens is 316 g/mol. The van der Waals surface area contributed by atoms with Crippen molar-refractivity contribution in [1.82, 2.24) is 5.32 Å². The molecule has 1 amide bonds. The molecule has 0 aromatic heterocycles. The summed E-state index contributed by atoms with van der Waals surface area (Å²) in [4.78, 5) is 11.9. The number of carbonyl (C=O) groups excluding carboxylic acids is 1. The third-order valence-corrected chi connectivity index (χ3v) is 3.30. The van der Waals surface area contributed by atoms with Gasteiger partial charge >= 0.3 is 0 Å². The molecule has 2 N–H and O–H groups in total. The molecule has 0 radical (unpaired) electrons. The van der Waals surface area contributed by atoms with Gasteiger partial charge in [-0.3, -0.25) is 4.79 Å². The van der Waals surface area contributed by atoms with Gasteiger partial charge in [0, 0.05) is 15.7 Å². The van der Waals surface area contributed by atoms with Gasteiger partial charge in [0.15, 0.2) is 0 Å². The highest BCUT2D eigenvalue weighted by atomic mass is 79.9. The van der Waals surface area contributed by atoms with E-state index in [1.807, 2.05) is 24.3 Å². The number of benzene rings is 1. The summed E-state index contributed by atoms with van der Waals surface area (Å²) >= 11 is 3.39. The normalized spacial score (nSPS) is 12.3. The van der Waals surface area contributed by atoms with Gasteiger partial charge in [0.05, 0.1) is 6.54 Å². The summed E-state index contributed by atoms with van der Waals surface area (Å²) in [7, 11) is 0. The highest BCUT2D eigenvalue weighted by molar-refractivity contribution is 9.10. The second-order valence-electron chi connectivity index (χ2n) is 7.03. The molecule has 0 aliphatic carbocycles. The van der Waals surface area contributed by atoms with Gasteiger partial charge in [0.1, 0.15) is 0 Å². The zero-order valence-electron chi connectivity index (χ0n) is 13.0. The fraction of sp³-hybridized carbons (Fsp3) is 0.562. The molecule has 0 heterocycles. The fourth-order valence-corrected chi connectivity index (χ4v) is 2.88. The summed E-state index contributed by atoms with van der Waals surface area (Å²) in [6.07, 6.45) is 1.00. The largest absolute Gasteiger partial charge is 0.325 e. The number of carbonyl (C=O) groups is 1. The lowest BCUT2D eigenvalue weighted by Crippen LogP contribution is -2.45. The molecule has 0 spiro atoms. The van der Waals surface area contributed by atoms with E-state index in [0.29, 0.717) is 6.54 Å². The van der Waals surface area contributed by atoms with Gasteiger partial charge in [-0.2, -0.15) is 0 Å². The summed E-state index contributed by atoms with van der Waals surface area (Å²) in [6.45, 7) is 11.2. The van der Waals surface area contributed by atoms with Crippen LogP contribution in [0.1, 0.15) is 41.0 Å². The molecule has 0 bridgehead atoms. The number of hydrogen-bond acceptors (Lipinski definition) is 2. The first-order valence-corrected chi connectivity index (χ1v) is 7.67. The van der Waals surface area contributed by atoms with E-state index >= 15 is 0 Å². The monoisotopic (exact) mass is 340 g/mol. The van der Waals surface area contributed by atoms with Crippen molar-refractivity contribution in [3.63, 3.8) is 0 Å². The molecule has 20 heavy (non-hydrogen) atoms. The van der Waals surface area contributed by atoms with Crippen LogP contribution < -0.4 is 10.6 Å². The highest BCUT2D eigenvalue weighted by Crippen LogP contribution is 2.26. The van der Waals surface area contributed by atoms with Crippen molar-refractivity contribution in [1.29, 1.82) is 0 Å². The van der Waals surface area contributed by atoms with Gasteiger partial charge in [0.25, 0.3) is 0 Å². The molecule has 0 atom stereocenters. The number of rotatable bonds is 5. The van der Waals surface area contributed by atoms with Gasteiger partial charge in [-0.05, 0) is 43.9 Å². The van der Waals surface area contributed by atoms with Crippen LogP contribution in [-0.2, 0) is 4.79 Å². The Labute approximate surface area is 130 Å². The van der Waals surface area contributed by atoms with Crippen LogP contribution >= 0.6 is 15.9 Å². The Balaban J connectivity index is 2.47. The maximum atomic E-state index is 11.9. The Morgan fingerprint density at radius 1 is 1.20 bits per heavy atom. The Morgan fingerprint density at radius 3 is 2.40 bits per heavy atom. The molecule has 112 valence electrons. The molecule has 0 aliphatic rings. The molecule has 0 unspecified atom stereocenters. The number of nitrogens with one attached hydrogen (secondary N) is 2. The van der Waals surface area contributed by atoms with Gasteiger partial charge in [0.2, 0.25) is 5.91 Å². The van der Waals surface area contributed by atoms with Crippen LogP contribution in [0.25, 0.3) is 0 Å². The maximum absolute atomic E-state index is 11.9. The average Bonchev–Trinajstić information content (AvgIpc) is 2.23. The molecule has 0 aliphatic heterocycles. The summed E-state index contributed by atoms with van der Waals surface area (Å²) in [5.74, 6) is -0.0231. The van der Waals surface area contributed by atoms with E-state index in [1.165, 1.54) is 0 Å². The second-order valence-corrected chi connectivity index (χ2v) is 7.95. The number of halogens is 1. The van der Waals surface area contributed by atoms with Crippen LogP contribution in [0.3, 0.4) is 0 Å². The van der Waals surface area contributed by atoms with E-state index < -0.39 is 0 Å². The fourth-order valence-electron chi connectivity index (χ4n) is 2.48. The van der Waals surface area contributed by atoms with Gasteiger partial charge < -0.3 is 10.6 Å². The summed E-state index contributed by atoms with van der Waals surface area (Å²) in [5.41, 5.74) is 0.976. The highest BCUT2D eigenvalue weighted by Gasteiger charge is 2.25. The molecule has 1 aromatic carbocycles. The van der Waals surface area contributed by atoms with E-state index in [0.717, 1.165) is 16.6 Å². The van der Waals surface area contributed by atoms with Crippen LogP contribution in [0.5, 0.6) is 0 Å². The minimum Gasteiger partial charge on any atom is -0.325 e. The Bertz CT molecular complexity index is 464. The lowest BCUT2D eigenvalue weighted by molar-refractivity contribution is -0.115. The molecule has 1 aromatic rings. The van der Waals surface area contributed by atoms with E-state index in [2.05, 4.69) is 61.2 Å². The lowest BCUT2D eigenvalue weighted by atomic mass is 9.82. The average molecular weight is 341 g/mol. The number of hydrogen-bond donors (Lipinski definition) is 2. The summed E-state index contributed by atoms with van der Waals surface area (Å²) in [5, 5.41) is 6.21. The lowest BCUT2D eigenvalue weighted by Gasteiger charge is -2.33. The zero-order chi connectivity index (χ0) is 15.4. The molecule has 0 saturated heterocycles. The Kier molecular flexibility index (Phi) is 5.78. The van der Waals surface area contributed by atoms with Crippen LogP contribution in [-0.4, -0.2) is 18.0 Å². The predicted molar refractivity (Wildman–Crippen MR) is 88.9 cm³/mol. The molecule has 0 fully saturated rings. The van der Waals surface area contributed by atoms with Crippen molar-refractivity contribution in [2.45, 2.75) is 46.6 Å². The summed E-state index contributed by atoms with van der Waals surface area (Å²) < 4.78 is 0.955. The quantitative estimate of drug-likeness (QED) is 0.843. The number of amides is 1. The van der Waals surface area contributed by atoms with Crippen molar-refractivity contribution in [3.8, 4) is 0 Å². The van der Waals surface area contributed by atoms with Crippen LogP contribution in [0, 0.1) is 5.41 Å². The van der Waals surface area contributed by atoms with E-state index in [9.17, 15) is 4.79 Å². The van der Waals surface area contributed by atoms with Crippen LogP contribution in [0.2, 0.25) is 0 Å². The minimum absolute atomic E-state index is 0.0231. The molecule has 3 nitrogen and oxygen atoms in total. The zero-order valence-corrected chi connectivity index (χ0v) is 14.6. The van der Waals surface area contributed by atoms with Crippen LogP contribution in [0.15, 0.2) is 28.7 Å². The summed E-state index contributed by atoms with van der Waals surface area (Å²) in [6, 6.07) is 7.60. The van der Waals surface area contributed by atoms with Gasteiger partial charge in [-0.15, -0.1) is 0 Å². The van der Waals surface area contributed by atoms with Crippen molar-refractivity contribution in [3.05, 3.63) is 28.7 Å². The first kappa shape index (κ1) is 17.2. The topological polar surface area (TPSA) is 41.1 Å². The smallest absolute Gasteiger partial charge is 0.238 e. The minimum atomic E-state index is -0.0626. The third kappa shape index (κ3) is 7.06. The van der Waals surface area contributed by atoms with Crippen molar-refractivity contribution in [2.75, 3.05) is 11.9 Å². The molecular formula is C16H25BrN2O. The van der Waals surface area contributed by atoms with E-state index in [-0.39, 0.29) is 16.9 Å². The second kappa shape index (κ2) is 6.72. The SMILES string of the molecule is CC(C)(C)CC(C)(C)NCC(=O)Nc1cccc(Br)c1. The van der Waals surface area contributed by atoms with Crippen molar-refractivity contribution >= 4 is 27.5 Å².